The monoisotopic (exact) mass is 480 g/mol. The Morgan fingerprint density at radius 1 is 1.20 bits per heavy atom. The summed E-state index contributed by atoms with van der Waals surface area (Å²) in [6.45, 7) is 2.36. The summed E-state index contributed by atoms with van der Waals surface area (Å²) < 4.78 is 10.5. The van der Waals surface area contributed by atoms with Crippen molar-refractivity contribution in [1.82, 2.24) is 20.9 Å². The number of hydrogen-bond donors (Lipinski definition) is 4. The number of aromatic amines is 1. The van der Waals surface area contributed by atoms with E-state index in [1.54, 1.807) is 24.3 Å². The summed E-state index contributed by atoms with van der Waals surface area (Å²) in [6, 6.07) is 11.6. The highest BCUT2D eigenvalue weighted by Gasteiger charge is 2.48. The number of benzene rings is 2. The quantitative estimate of drug-likeness (QED) is 0.343. The van der Waals surface area contributed by atoms with E-state index in [1.807, 2.05) is 25.1 Å². The molecule has 184 valence electrons. The van der Waals surface area contributed by atoms with Crippen LogP contribution in [0.4, 0.5) is 0 Å². The van der Waals surface area contributed by atoms with E-state index in [-0.39, 0.29) is 30.7 Å². The SMILES string of the molecule is CCC1(C(=O)NC(CNC(=O)Cc2ccc3oc(=O)[nH]c3c2)c2ccccc2OC)CCNC1=O. The van der Waals surface area contributed by atoms with Crippen molar-refractivity contribution >= 4 is 28.8 Å². The standard InChI is InChI=1S/C25H28N4O6/c1-3-25(10-11-26-22(25)31)23(32)28-18(16-6-4-5-7-19(16)34-2)14-27-21(30)13-15-8-9-20-17(12-15)29-24(33)35-20/h4-9,12,18H,3,10-11,13-14H2,1-2H3,(H,26,31)(H,27,30)(H,28,32)(H,29,33). The van der Waals surface area contributed by atoms with Crippen LogP contribution in [0.2, 0.25) is 0 Å². The summed E-state index contributed by atoms with van der Waals surface area (Å²) in [4.78, 5) is 52.4. The molecule has 1 saturated heterocycles. The van der Waals surface area contributed by atoms with Gasteiger partial charge >= 0.3 is 5.76 Å². The van der Waals surface area contributed by atoms with Gasteiger partial charge in [0.2, 0.25) is 17.7 Å². The zero-order valence-electron chi connectivity index (χ0n) is 19.6. The molecule has 1 aliphatic heterocycles. The van der Waals surface area contributed by atoms with Crippen LogP contribution >= 0.6 is 0 Å². The number of carbonyl (C=O) groups excluding carboxylic acids is 3. The van der Waals surface area contributed by atoms with Crippen molar-refractivity contribution in [2.24, 2.45) is 5.41 Å². The Bertz CT molecular complexity index is 1310. The number of amides is 3. The summed E-state index contributed by atoms with van der Waals surface area (Å²) in [5.41, 5.74) is 1.17. The van der Waals surface area contributed by atoms with Gasteiger partial charge in [0.05, 0.1) is 25.1 Å². The van der Waals surface area contributed by atoms with Crippen molar-refractivity contribution in [3.8, 4) is 5.75 Å². The van der Waals surface area contributed by atoms with E-state index < -0.39 is 17.2 Å². The molecule has 35 heavy (non-hydrogen) atoms. The summed E-state index contributed by atoms with van der Waals surface area (Å²) >= 11 is 0. The Labute approximate surface area is 201 Å². The molecule has 3 amide bonds. The highest BCUT2D eigenvalue weighted by molar-refractivity contribution is 6.06. The van der Waals surface area contributed by atoms with Crippen molar-refractivity contribution in [2.75, 3.05) is 20.2 Å². The molecule has 4 rings (SSSR count). The number of fused-ring (bicyclic) bond motifs is 1. The Hall–Kier alpha value is -4.08. The lowest BCUT2D eigenvalue weighted by Crippen LogP contribution is -2.48. The van der Waals surface area contributed by atoms with Crippen molar-refractivity contribution < 1.29 is 23.5 Å². The molecule has 1 aliphatic rings. The number of oxazole rings is 1. The van der Waals surface area contributed by atoms with Crippen molar-refractivity contribution in [3.05, 3.63) is 64.1 Å². The third kappa shape index (κ3) is 4.91. The van der Waals surface area contributed by atoms with Crippen LogP contribution in [0.15, 0.2) is 51.7 Å². The molecular weight excluding hydrogens is 452 g/mol. The van der Waals surface area contributed by atoms with E-state index >= 15 is 0 Å². The minimum atomic E-state index is -1.14. The van der Waals surface area contributed by atoms with E-state index in [1.165, 1.54) is 7.11 Å². The summed E-state index contributed by atoms with van der Waals surface area (Å²) in [7, 11) is 1.53. The Morgan fingerprint density at radius 2 is 2.00 bits per heavy atom. The van der Waals surface area contributed by atoms with E-state index in [9.17, 15) is 19.2 Å². The number of H-pyrrole nitrogens is 1. The highest BCUT2D eigenvalue weighted by Crippen LogP contribution is 2.33. The van der Waals surface area contributed by atoms with Gasteiger partial charge in [-0.05, 0) is 36.6 Å². The first-order chi connectivity index (χ1) is 16.9. The molecule has 0 saturated carbocycles. The molecule has 2 heterocycles. The number of rotatable bonds is 9. The molecule has 3 aromatic rings. The van der Waals surface area contributed by atoms with Gasteiger partial charge in [0.25, 0.3) is 0 Å². The lowest BCUT2D eigenvalue weighted by molar-refractivity contribution is -0.141. The van der Waals surface area contributed by atoms with Gasteiger partial charge in [-0.2, -0.15) is 0 Å². The van der Waals surface area contributed by atoms with Crippen LogP contribution in [-0.2, 0) is 20.8 Å². The van der Waals surface area contributed by atoms with Crippen LogP contribution in [-0.4, -0.2) is 42.9 Å². The second kappa shape index (κ2) is 10.0. The van der Waals surface area contributed by atoms with Gasteiger partial charge in [0.1, 0.15) is 11.2 Å². The Morgan fingerprint density at radius 3 is 2.71 bits per heavy atom. The molecule has 0 radical (unpaired) electrons. The Balaban J connectivity index is 1.50. The molecule has 10 heteroatoms. The zero-order chi connectivity index (χ0) is 25.0. The number of carbonyl (C=O) groups is 3. The molecule has 1 fully saturated rings. The van der Waals surface area contributed by atoms with E-state index in [0.29, 0.717) is 47.4 Å². The molecule has 10 nitrogen and oxygen atoms in total. The zero-order valence-corrected chi connectivity index (χ0v) is 19.6. The number of ether oxygens (including phenoxy) is 1. The van der Waals surface area contributed by atoms with Crippen LogP contribution in [0.1, 0.15) is 36.9 Å². The fourth-order valence-electron chi connectivity index (χ4n) is 4.45. The number of para-hydroxylation sites is 1. The average Bonchev–Trinajstić information content (AvgIpc) is 3.42. The molecular formula is C25H28N4O6. The van der Waals surface area contributed by atoms with Gasteiger partial charge in [-0.25, -0.2) is 4.79 Å². The minimum absolute atomic E-state index is 0.0665. The number of hydrogen-bond acceptors (Lipinski definition) is 6. The largest absolute Gasteiger partial charge is 0.496 e. The highest BCUT2D eigenvalue weighted by atomic mass is 16.5. The summed E-state index contributed by atoms with van der Waals surface area (Å²) in [6.07, 6.45) is 0.850. The van der Waals surface area contributed by atoms with Gasteiger partial charge in [-0.3, -0.25) is 19.4 Å². The summed E-state index contributed by atoms with van der Waals surface area (Å²) in [5.74, 6) is -0.934. The molecule has 2 unspecified atom stereocenters. The number of methoxy groups -OCH3 is 1. The van der Waals surface area contributed by atoms with Crippen LogP contribution in [0, 0.1) is 5.41 Å². The second-order valence-electron chi connectivity index (χ2n) is 8.54. The molecule has 1 aromatic heterocycles. The molecule has 0 bridgehead atoms. The van der Waals surface area contributed by atoms with Crippen LogP contribution in [0.5, 0.6) is 5.75 Å². The normalized spacial score (nSPS) is 18.2. The van der Waals surface area contributed by atoms with Gasteiger partial charge in [0, 0.05) is 18.7 Å². The van der Waals surface area contributed by atoms with Crippen molar-refractivity contribution in [3.63, 3.8) is 0 Å². The molecule has 0 spiro atoms. The molecule has 2 aromatic carbocycles. The van der Waals surface area contributed by atoms with Crippen molar-refractivity contribution in [2.45, 2.75) is 32.2 Å². The summed E-state index contributed by atoms with van der Waals surface area (Å²) in [5, 5.41) is 8.59. The van der Waals surface area contributed by atoms with Crippen molar-refractivity contribution in [1.29, 1.82) is 0 Å². The van der Waals surface area contributed by atoms with E-state index in [0.717, 1.165) is 0 Å². The van der Waals surface area contributed by atoms with Crippen LogP contribution in [0.3, 0.4) is 0 Å². The topological polar surface area (TPSA) is 143 Å². The third-order valence-electron chi connectivity index (χ3n) is 6.48. The van der Waals surface area contributed by atoms with Gasteiger partial charge in [-0.15, -0.1) is 0 Å². The molecule has 0 aliphatic carbocycles. The van der Waals surface area contributed by atoms with Gasteiger partial charge < -0.3 is 25.1 Å². The maximum absolute atomic E-state index is 13.3. The first-order valence-electron chi connectivity index (χ1n) is 11.5. The fraction of sp³-hybridized carbons (Fsp3) is 0.360. The number of aromatic nitrogens is 1. The predicted octanol–water partition coefficient (Wildman–Crippen LogP) is 1.56. The van der Waals surface area contributed by atoms with Crippen LogP contribution in [0.25, 0.3) is 11.1 Å². The smallest absolute Gasteiger partial charge is 0.417 e. The predicted molar refractivity (Wildman–Crippen MR) is 128 cm³/mol. The second-order valence-corrected chi connectivity index (χ2v) is 8.54. The molecule has 2 atom stereocenters. The minimum Gasteiger partial charge on any atom is -0.496 e. The molecule has 4 N–H and O–H groups in total. The Kier molecular flexibility index (Phi) is 6.90. The lowest BCUT2D eigenvalue weighted by Gasteiger charge is -2.28. The van der Waals surface area contributed by atoms with E-state index in [4.69, 9.17) is 9.15 Å². The lowest BCUT2D eigenvalue weighted by atomic mass is 9.82. The van der Waals surface area contributed by atoms with E-state index in [2.05, 4.69) is 20.9 Å². The van der Waals surface area contributed by atoms with Crippen LogP contribution < -0.4 is 26.4 Å². The first kappa shape index (κ1) is 24.1. The maximum Gasteiger partial charge on any atom is 0.417 e. The third-order valence-corrected chi connectivity index (χ3v) is 6.48. The van der Waals surface area contributed by atoms with Gasteiger partial charge in [-0.1, -0.05) is 31.2 Å². The maximum atomic E-state index is 13.3. The average molecular weight is 481 g/mol. The number of nitrogens with one attached hydrogen (secondary N) is 4. The first-order valence-corrected chi connectivity index (χ1v) is 11.5. The van der Waals surface area contributed by atoms with Gasteiger partial charge in [0.15, 0.2) is 5.58 Å². The fourth-order valence-corrected chi connectivity index (χ4v) is 4.45.